The molecule has 0 aromatic heterocycles. The van der Waals surface area contributed by atoms with E-state index in [2.05, 4.69) is 5.32 Å². The van der Waals surface area contributed by atoms with Crippen LogP contribution in [0.1, 0.15) is 51.4 Å². The van der Waals surface area contributed by atoms with E-state index in [1.54, 1.807) is 0 Å². The smallest absolute Gasteiger partial charge is 0.246 e. The Bertz CT molecular complexity index is 715. The molecular weight excluding hydrogens is 343 g/mol. The summed E-state index contributed by atoms with van der Waals surface area (Å²) in [5, 5.41) is 3.03. The SMILES string of the molecule is O=C(NC1CCCCCC1)C1CCCN1S(=O)(=O)c1ccccc1F. The van der Waals surface area contributed by atoms with Crippen LogP contribution in [0.3, 0.4) is 0 Å². The van der Waals surface area contributed by atoms with Crippen molar-refractivity contribution in [1.29, 1.82) is 0 Å². The zero-order chi connectivity index (χ0) is 17.9. The topological polar surface area (TPSA) is 66.5 Å². The number of amides is 1. The summed E-state index contributed by atoms with van der Waals surface area (Å²) in [6.45, 7) is 0.249. The van der Waals surface area contributed by atoms with Crippen LogP contribution in [0.5, 0.6) is 0 Å². The zero-order valence-electron chi connectivity index (χ0n) is 14.3. The number of carbonyl (C=O) groups excluding carboxylic acids is 1. The van der Waals surface area contributed by atoms with Crippen LogP contribution in [0.2, 0.25) is 0 Å². The van der Waals surface area contributed by atoms with Crippen LogP contribution in [0.4, 0.5) is 4.39 Å². The van der Waals surface area contributed by atoms with Crippen molar-refractivity contribution in [2.45, 2.75) is 68.3 Å². The van der Waals surface area contributed by atoms with Crippen molar-refractivity contribution >= 4 is 15.9 Å². The number of halogens is 1. The van der Waals surface area contributed by atoms with Crippen LogP contribution < -0.4 is 5.32 Å². The Labute approximate surface area is 148 Å². The van der Waals surface area contributed by atoms with Gasteiger partial charge in [0.1, 0.15) is 16.8 Å². The minimum absolute atomic E-state index is 0.119. The maximum atomic E-state index is 14.0. The van der Waals surface area contributed by atoms with Gasteiger partial charge in [-0.3, -0.25) is 4.79 Å². The Kier molecular flexibility index (Phi) is 5.74. The van der Waals surface area contributed by atoms with Crippen LogP contribution in [-0.4, -0.2) is 37.3 Å². The second kappa shape index (κ2) is 7.83. The highest BCUT2D eigenvalue weighted by molar-refractivity contribution is 7.89. The number of nitrogens with zero attached hydrogens (tertiary/aromatic N) is 1. The first-order valence-electron chi connectivity index (χ1n) is 9.07. The average molecular weight is 368 g/mol. The monoisotopic (exact) mass is 368 g/mol. The third kappa shape index (κ3) is 4.03. The van der Waals surface area contributed by atoms with Gasteiger partial charge < -0.3 is 5.32 Å². The van der Waals surface area contributed by atoms with Gasteiger partial charge in [-0.15, -0.1) is 0 Å². The van der Waals surface area contributed by atoms with Crippen molar-refractivity contribution < 1.29 is 17.6 Å². The van der Waals surface area contributed by atoms with Crippen LogP contribution >= 0.6 is 0 Å². The number of hydrogen-bond donors (Lipinski definition) is 1. The highest BCUT2D eigenvalue weighted by atomic mass is 32.2. The van der Waals surface area contributed by atoms with Crippen LogP contribution in [-0.2, 0) is 14.8 Å². The molecule has 1 aliphatic heterocycles. The maximum Gasteiger partial charge on any atom is 0.246 e. The summed E-state index contributed by atoms with van der Waals surface area (Å²) >= 11 is 0. The van der Waals surface area contributed by atoms with Crippen molar-refractivity contribution in [2.75, 3.05) is 6.54 Å². The minimum Gasteiger partial charge on any atom is -0.352 e. The van der Waals surface area contributed by atoms with Crippen molar-refractivity contribution in [2.24, 2.45) is 0 Å². The Morgan fingerprint density at radius 2 is 1.72 bits per heavy atom. The lowest BCUT2D eigenvalue weighted by atomic mass is 10.1. The molecule has 1 saturated carbocycles. The van der Waals surface area contributed by atoms with Crippen molar-refractivity contribution in [3.8, 4) is 0 Å². The van der Waals surface area contributed by atoms with Crippen LogP contribution in [0.15, 0.2) is 29.2 Å². The molecule has 3 rings (SSSR count). The second-order valence-electron chi connectivity index (χ2n) is 6.90. The Hall–Kier alpha value is -1.47. The van der Waals surface area contributed by atoms with E-state index in [4.69, 9.17) is 0 Å². The minimum atomic E-state index is -4.01. The predicted molar refractivity (Wildman–Crippen MR) is 92.9 cm³/mol. The third-order valence-corrected chi connectivity index (χ3v) is 7.07. The Morgan fingerprint density at radius 1 is 1.04 bits per heavy atom. The fourth-order valence-electron chi connectivity index (χ4n) is 3.79. The van der Waals surface area contributed by atoms with E-state index < -0.39 is 21.9 Å². The van der Waals surface area contributed by atoms with E-state index in [1.165, 1.54) is 31.0 Å². The summed E-state index contributed by atoms with van der Waals surface area (Å²) in [5.74, 6) is -1.03. The number of rotatable bonds is 4. The van der Waals surface area contributed by atoms with Crippen molar-refractivity contribution in [3.63, 3.8) is 0 Å². The molecule has 2 fully saturated rings. The highest BCUT2D eigenvalue weighted by Gasteiger charge is 2.40. The molecule has 1 aromatic carbocycles. The lowest BCUT2D eigenvalue weighted by molar-refractivity contribution is -0.125. The zero-order valence-corrected chi connectivity index (χ0v) is 15.1. The molecule has 25 heavy (non-hydrogen) atoms. The summed E-state index contributed by atoms with van der Waals surface area (Å²) in [6, 6.07) is 4.70. The molecule has 1 aliphatic carbocycles. The summed E-state index contributed by atoms with van der Waals surface area (Å²) < 4.78 is 40.8. The van der Waals surface area contributed by atoms with E-state index >= 15 is 0 Å². The normalized spacial score (nSPS) is 23.3. The third-order valence-electron chi connectivity index (χ3n) is 5.13. The quantitative estimate of drug-likeness (QED) is 0.831. The molecule has 138 valence electrons. The first kappa shape index (κ1) is 18.3. The molecule has 1 N–H and O–H groups in total. The largest absolute Gasteiger partial charge is 0.352 e. The summed E-state index contributed by atoms with van der Waals surface area (Å²) in [6.07, 6.45) is 7.52. The molecule has 2 aliphatic rings. The van der Waals surface area contributed by atoms with Gasteiger partial charge in [-0.05, 0) is 37.8 Å². The van der Waals surface area contributed by atoms with Gasteiger partial charge in [-0.2, -0.15) is 4.31 Å². The number of sulfonamides is 1. The van der Waals surface area contributed by atoms with E-state index in [9.17, 15) is 17.6 Å². The Morgan fingerprint density at radius 3 is 2.40 bits per heavy atom. The van der Waals surface area contributed by atoms with Crippen LogP contribution in [0.25, 0.3) is 0 Å². The average Bonchev–Trinajstić information content (AvgIpc) is 2.96. The molecule has 1 atom stereocenters. The maximum absolute atomic E-state index is 14.0. The fourth-order valence-corrected chi connectivity index (χ4v) is 5.51. The molecular formula is C18H25FN2O3S. The molecule has 1 amide bonds. The fraction of sp³-hybridized carbons (Fsp3) is 0.611. The number of hydrogen-bond acceptors (Lipinski definition) is 3. The van der Waals surface area contributed by atoms with E-state index in [1.807, 2.05) is 0 Å². The first-order valence-corrected chi connectivity index (χ1v) is 10.5. The number of nitrogens with one attached hydrogen (secondary N) is 1. The van der Waals surface area contributed by atoms with E-state index in [-0.39, 0.29) is 23.4 Å². The number of carbonyl (C=O) groups is 1. The molecule has 1 unspecified atom stereocenters. The van der Waals surface area contributed by atoms with E-state index in [0.29, 0.717) is 12.8 Å². The summed E-state index contributed by atoms with van der Waals surface area (Å²) in [7, 11) is -4.01. The van der Waals surface area contributed by atoms with Gasteiger partial charge in [0, 0.05) is 12.6 Å². The molecule has 1 heterocycles. The second-order valence-corrected chi connectivity index (χ2v) is 8.76. The summed E-state index contributed by atoms with van der Waals surface area (Å²) in [5.41, 5.74) is 0. The van der Waals surface area contributed by atoms with Crippen LogP contribution in [0, 0.1) is 5.82 Å². The van der Waals surface area contributed by atoms with Gasteiger partial charge in [0.15, 0.2) is 0 Å². The van der Waals surface area contributed by atoms with Gasteiger partial charge in [0.2, 0.25) is 15.9 Å². The molecule has 1 aromatic rings. The Balaban J connectivity index is 1.75. The van der Waals surface area contributed by atoms with Gasteiger partial charge >= 0.3 is 0 Å². The highest BCUT2D eigenvalue weighted by Crippen LogP contribution is 2.28. The lowest BCUT2D eigenvalue weighted by Gasteiger charge is -2.26. The van der Waals surface area contributed by atoms with E-state index in [0.717, 1.165) is 36.1 Å². The summed E-state index contributed by atoms with van der Waals surface area (Å²) in [4.78, 5) is 12.3. The molecule has 0 bridgehead atoms. The van der Waals surface area contributed by atoms with Gasteiger partial charge in [0.05, 0.1) is 0 Å². The number of benzene rings is 1. The molecule has 5 nitrogen and oxygen atoms in total. The molecule has 0 radical (unpaired) electrons. The van der Waals surface area contributed by atoms with Crippen molar-refractivity contribution in [1.82, 2.24) is 9.62 Å². The predicted octanol–water partition coefficient (Wildman–Crippen LogP) is 2.82. The standard InChI is InChI=1S/C18H25FN2O3S/c19-15-10-5-6-12-17(15)25(23,24)21-13-7-11-16(21)18(22)20-14-8-3-1-2-4-9-14/h5-6,10,12,14,16H,1-4,7-9,11,13H2,(H,20,22). The van der Waals surface area contributed by atoms with Gasteiger partial charge in [-0.1, -0.05) is 37.8 Å². The molecule has 7 heteroatoms. The van der Waals surface area contributed by atoms with Gasteiger partial charge in [0.25, 0.3) is 0 Å². The van der Waals surface area contributed by atoms with Crippen molar-refractivity contribution in [3.05, 3.63) is 30.1 Å². The molecule has 0 spiro atoms. The van der Waals surface area contributed by atoms with Gasteiger partial charge in [-0.25, -0.2) is 12.8 Å². The lowest BCUT2D eigenvalue weighted by Crippen LogP contribution is -2.48. The molecule has 1 saturated heterocycles. The first-order chi connectivity index (χ1) is 12.0.